The number of carbonyl (C=O) groups excluding carboxylic acids is 2. The van der Waals surface area contributed by atoms with Gasteiger partial charge in [-0.15, -0.1) is 0 Å². The van der Waals surface area contributed by atoms with Crippen molar-refractivity contribution in [3.05, 3.63) is 23.8 Å². The van der Waals surface area contributed by atoms with Crippen LogP contribution in [0, 0.1) is 0 Å². The summed E-state index contributed by atoms with van der Waals surface area (Å²) in [5, 5.41) is 1.14. The lowest BCUT2D eigenvalue weighted by Crippen LogP contribution is -2.48. The number of rotatable bonds is 6. The lowest BCUT2D eigenvalue weighted by atomic mass is 10.0. The van der Waals surface area contributed by atoms with Crippen LogP contribution in [0.5, 0.6) is 0 Å². The number of hydrogen-bond donors (Lipinski definition) is 1. The lowest BCUT2D eigenvalue weighted by molar-refractivity contribution is 0.109. The second kappa shape index (κ2) is 7.57. The fraction of sp³-hybridized carbons (Fsp3) is 0.571. The number of nitrogens with one attached hydrogen (secondary N) is 1. The number of carbonyl (C=O) groups is 2. The smallest absolute Gasteiger partial charge is 0.429 e. The average Bonchev–Trinajstić information content (AvgIpc) is 2.71. The summed E-state index contributed by atoms with van der Waals surface area (Å²) in [5.74, 6) is 0. The largest absolute Gasteiger partial charge is 0.449 e. The van der Waals surface area contributed by atoms with Gasteiger partial charge in [-0.1, -0.05) is 18.2 Å². The van der Waals surface area contributed by atoms with E-state index in [9.17, 15) is 9.59 Å². The van der Waals surface area contributed by atoms with Gasteiger partial charge >= 0.3 is 12.2 Å². The van der Waals surface area contributed by atoms with Gasteiger partial charge in [0, 0.05) is 0 Å². The van der Waals surface area contributed by atoms with Crippen LogP contribution in [0.1, 0.15) is 33.6 Å². The number of nitrogens with zero attached hydrogens (tertiary/aromatic N) is 1. The van der Waals surface area contributed by atoms with Crippen LogP contribution in [0.4, 0.5) is 9.59 Å². The third-order valence-corrected chi connectivity index (χ3v) is 2.85. The Kier molecular flexibility index (Phi) is 6.09. The Balaban J connectivity index is 2.58. The maximum Gasteiger partial charge on any atom is 0.429 e. The Morgan fingerprint density at radius 1 is 1.60 bits per heavy atom. The summed E-state index contributed by atoms with van der Waals surface area (Å²) in [6.45, 7) is 10.2. The van der Waals surface area contributed by atoms with E-state index < -0.39 is 12.2 Å². The van der Waals surface area contributed by atoms with Gasteiger partial charge in [-0.2, -0.15) is 0 Å². The van der Waals surface area contributed by atoms with E-state index >= 15 is 0 Å². The number of allylic oxidation sites excluding steroid dienone is 2. The number of hydrazine groups is 1. The standard InChI is InChI=1S/C14H22N2O4/c1-5-19-13(17)15-16-12(9-20-14(16)18)11(4)8-6-7-10(2)3/h7,12H,4-6,8-9H2,1-3H3,(H,15,17). The highest BCUT2D eigenvalue weighted by Crippen LogP contribution is 2.20. The first-order chi connectivity index (χ1) is 9.45. The van der Waals surface area contributed by atoms with E-state index in [0.29, 0.717) is 0 Å². The van der Waals surface area contributed by atoms with Gasteiger partial charge in [0.25, 0.3) is 0 Å². The molecule has 1 atom stereocenters. The van der Waals surface area contributed by atoms with Crippen molar-refractivity contribution in [2.45, 2.75) is 39.7 Å². The normalized spacial score (nSPS) is 17.4. The van der Waals surface area contributed by atoms with Gasteiger partial charge in [0.1, 0.15) is 12.6 Å². The number of cyclic esters (lactones) is 1. The number of amides is 2. The Morgan fingerprint density at radius 3 is 2.90 bits per heavy atom. The lowest BCUT2D eigenvalue weighted by Gasteiger charge is -2.22. The highest BCUT2D eigenvalue weighted by molar-refractivity contribution is 5.76. The molecule has 20 heavy (non-hydrogen) atoms. The number of ether oxygens (including phenoxy) is 2. The molecule has 1 aliphatic heterocycles. The van der Waals surface area contributed by atoms with Gasteiger partial charge in [0.15, 0.2) is 0 Å². The molecule has 0 aliphatic carbocycles. The van der Waals surface area contributed by atoms with Crippen LogP contribution >= 0.6 is 0 Å². The predicted octanol–water partition coefficient (Wildman–Crippen LogP) is 2.77. The van der Waals surface area contributed by atoms with E-state index in [2.05, 4.69) is 18.1 Å². The van der Waals surface area contributed by atoms with E-state index in [1.165, 1.54) is 5.57 Å². The fourth-order valence-corrected chi connectivity index (χ4v) is 1.82. The van der Waals surface area contributed by atoms with E-state index in [4.69, 9.17) is 9.47 Å². The topological polar surface area (TPSA) is 67.9 Å². The second-order valence-corrected chi connectivity index (χ2v) is 4.77. The average molecular weight is 282 g/mol. The molecule has 6 heteroatoms. The Morgan fingerprint density at radius 2 is 2.30 bits per heavy atom. The molecule has 0 saturated carbocycles. The molecule has 0 spiro atoms. The SMILES string of the molecule is C=C(CCC=C(C)C)C1COC(=O)N1NC(=O)OCC. The van der Waals surface area contributed by atoms with Crippen LogP contribution < -0.4 is 5.43 Å². The molecule has 112 valence electrons. The summed E-state index contributed by atoms with van der Waals surface area (Å²) in [7, 11) is 0. The maximum atomic E-state index is 11.6. The molecule has 1 unspecified atom stereocenters. The maximum absolute atomic E-state index is 11.6. The van der Waals surface area contributed by atoms with Crippen LogP contribution in [0.25, 0.3) is 0 Å². The first-order valence-electron chi connectivity index (χ1n) is 6.66. The van der Waals surface area contributed by atoms with Gasteiger partial charge in [0.05, 0.1) is 6.61 Å². The van der Waals surface area contributed by atoms with Gasteiger partial charge in [-0.25, -0.2) is 20.0 Å². The predicted molar refractivity (Wildman–Crippen MR) is 74.9 cm³/mol. The molecule has 0 aromatic rings. The minimum Gasteiger partial charge on any atom is -0.449 e. The van der Waals surface area contributed by atoms with E-state index in [0.717, 1.165) is 23.4 Å². The summed E-state index contributed by atoms with van der Waals surface area (Å²) in [6.07, 6.45) is 2.42. The first-order valence-corrected chi connectivity index (χ1v) is 6.66. The fourth-order valence-electron chi connectivity index (χ4n) is 1.82. The molecule has 6 nitrogen and oxygen atoms in total. The first kappa shape index (κ1) is 16.1. The highest BCUT2D eigenvalue weighted by atomic mass is 16.6. The molecule has 0 aromatic carbocycles. The van der Waals surface area contributed by atoms with Crippen LogP contribution in [0.2, 0.25) is 0 Å². The van der Waals surface area contributed by atoms with Crippen molar-refractivity contribution in [1.82, 2.24) is 10.4 Å². The minimum atomic E-state index is -0.673. The van der Waals surface area contributed by atoms with Crippen molar-refractivity contribution in [2.24, 2.45) is 0 Å². The van der Waals surface area contributed by atoms with E-state index in [-0.39, 0.29) is 19.3 Å². The quantitative estimate of drug-likeness (QED) is 0.761. The van der Waals surface area contributed by atoms with Gasteiger partial charge in [-0.3, -0.25) is 0 Å². The molecule has 2 amide bonds. The monoisotopic (exact) mass is 282 g/mol. The third kappa shape index (κ3) is 4.60. The van der Waals surface area contributed by atoms with Crippen molar-refractivity contribution in [1.29, 1.82) is 0 Å². The molecule has 0 aromatic heterocycles. The zero-order valence-corrected chi connectivity index (χ0v) is 12.3. The Hall–Kier alpha value is -1.98. The number of hydrogen-bond acceptors (Lipinski definition) is 4. The van der Waals surface area contributed by atoms with Gasteiger partial charge in [-0.05, 0) is 39.2 Å². The van der Waals surface area contributed by atoms with Crippen LogP contribution in [-0.2, 0) is 9.47 Å². The van der Waals surface area contributed by atoms with Gasteiger partial charge in [0.2, 0.25) is 0 Å². The Bertz CT molecular complexity index is 413. The molecular weight excluding hydrogens is 260 g/mol. The van der Waals surface area contributed by atoms with E-state index in [1.807, 2.05) is 13.8 Å². The van der Waals surface area contributed by atoms with Crippen molar-refractivity contribution in [3.63, 3.8) is 0 Å². The summed E-state index contributed by atoms with van der Waals surface area (Å²) >= 11 is 0. The van der Waals surface area contributed by atoms with Crippen molar-refractivity contribution >= 4 is 12.2 Å². The summed E-state index contributed by atoms with van der Waals surface area (Å²) in [5.41, 5.74) is 4.45. The molecule has 0 bridgehead atoms. The molecule has 1 aliphatic rings. The molecule has 0 radical (unpaired) electrons. The molecular formula is C14H22N2O4. The molecule has 1 saturated heterocycles. The van der Waals surface area contributed by atoms with E-state index in [1.54, 1.807) is 6.92 Å². The highest BCUT2D eigenvalue weighted by Gasteiger charge is 2.36. The third-order valence-electron chi connectivity index (χ3n) is 2.85. The summed E-state index contributed by atoms with van der Waals surface area (Å²) in [6, 6.07) is -0.350. The van der Waals surface area contributed by atoms with Crippen molar-refractivity contribution in [2.75, 3.05) is 13.2 Å². The summed E-state index contributed by atoms with van der Waals surface area (Å²) < 4.78 is 9.70. The molecule has 1 N–H and O–H groups in total. The van der Waals surface area contributed by atoms with Crippen molar-refractivity contribution in [3.8, 4) is 0 Å². The van der Waals surface area contributed by atoms with Crippen LogP contribution in [-0.4, -0.2) is 36.5 Å². The van der Waals surface area contributed by atoms with Crippen LogP contribution in [0.3, 0.4) is 0 Å². The Labute approximate surface area is 119 Å². The minimum absolute atomic E-state index is 0.193. The zero-order valence-electron chi connectivity index (χ0n) is 12.3. The molecule has 1 heterocycles. The molecule has 1 fully saturated rings. The van der Waals surface area contributed by atoms with Crippen LogP contribution in [0.15, 0.2) is 23.8 Å². The second-order valence-electron chi connectivity index (χ2n) is 4.77. The summed E-state index contributed by atoms with van der Waals surface area (Å²) in [4.78, 5) is 23.0. The molecule has 1 rings (SSSR count). The zero-order chi connectivity index (χ0) is 15.1. The van der Waals surface area contributed by atoms with Gasteiger partial charge < -0.3 is 9.47 Å². The van der Waals surface area contributed by atoms with Crippen molar-refractivity contribution < 1.29 is 19.1 Å².